The first-order valence-corrected chi connectivity index (χ1v) is 6.18. The maximum absolute atomic E-state index is 12.2. The number of anilines is 1. The van der Waals surface area contributed by atoms with Gasteiger partial charge in [0.25, 0.3) is 0 Å². The van der Waals surface area contributed by atoms with Gasteiger partial charge in [0.1, 0.15) is 5.75 Å². The predicted molar refractivity (Wildman–Crippen MR) is 76.4 cm³/mol. The Bertz CT molecular complexity index is 576. The fourth-order valence-corrected chi connectivity index (χ4v) is 1.91. The summed E-state index contributed by atoms with van der Waals surface area (Å²) in [7, 11) is 1.74. The third-order valence-electron chi connectivity index (χ3n) is 3.21. The zero-order valence-electron chi connectivity index (χ0n) is 11.1. The molecule has 0 spiro atoms. The van der Waals surface area contributed by atoms with Crippen LogP contribution < -0.4 is 4.90 Å². The van der Waals surface area contributed by atoms with Crippen molar-refractivity contribution in [3.8, 4) is 5.75 Å². The van der Waals surface area contributed by atoms with Crippen LogP contribution in [0.2, 0.25) is 0 Å². The Morgan fingerprint density at radius 1 is 1.11 bits per heavy atom. The molecule has 2 aromatic rings. The number of carbonyl (C=O) groups is 1. The average molecular weight is 255 g/mol. The van der Waals surface area contributed by atoms with E-state index >= 15 is 0 Å². The highest BCUT2D eigenvalue weighted by Gasteiger charge is 2.12. The van der Waals surface area contributed by atoms with Gasteiger partial charge in [-0.1, -0.05) is 24.3 Å². The van der Waals surface area contributed by atoms with Crippen molar-refractivity contribution in [3.63, 3.8) is 0 Å². The largest absolute Gasteiger partial charge is 0.508 e. The van der Waals surface area contributed by atoms with Crippen molar-refractivity contribution in [1.29, 1.82) is 0 Å². The summed E-state index contributed by atoms with van der Waals surface area (Å²) in [4.78, 5) is 13.8. The molecule has 2 aromatic carbocycles. The van der Waals surface area contributed by atoms with Gasteiger partial charge in [0.05, 0.1) is 6.42 Å². The summed E-state index contributed by atoms with van der Waals surface area (Å²) in [6.45, 7) is 2.00. The van der Waals surface area contributed by atoms with Crippen LogP contribution in [-0.2, 0) is 11.2 Å². The molecular weight excluding hydrogens is 238 g/mol. The van der Waals surface area contributed by atoms with E-state index in [0.717, 1.165) is 16.8 Å². The van der Waals surface area contributed by atoms with Gasteiger partial charge < -0.3 is 10.0 Å². The molecule has 1 amide bonds. The lowest BCUT2D eigenvalue weighted by atomic mass is 10.1. The van der Waals surface area contributed by atoms with Gasteiger partial charge in [-0.15, -0.1) is 0 Å². The van der Waals surface area contributed by atoms with Gasteiger partial charge in [0, 0.05) is 12.7 Å². The van der Waals surface area contributed by atoms with Crippen LogP contribution in [0.15, 0.2) is 48.5 Å². The molecule has 0 atom stereocenters. The first-order valence-electron chi connectivity index (χ1n) is 6.18. The summed E-state index contributed by atoms with van der Waals surface area (Å²) in [5, 5.41) is 9.25. The summed E-state index contributed by atoms with van der Waals surface area (Å²) in [5.41, 5.74) is 2.93. The maximum Gasteiger partial charge on any atom is 0.231 e. The van der Waals surface area contributed by atoms with E-state index in [1.807, 2.05) is 31.2 Å². The number of aryl methyl sites for hydroxylation is 1. The van der Waals surface area contributed by atoms with Gasteiger partial charge in [-0.2, -0.15) is 0 Å². The summed E-state index contributed by atoms with van der Waals surface area (Å²) >= 11 is 0. The van der Waals surface area contributed by atoms with E-state index in [4.69, 9.17) is 0 Å². The molecule has 1 N–H and O–H groups in total. The zero-order chi connectivity index (χ0) is 13.8. The van der Waals surface area contributed by atoms with Crippen LogP contribution in [0.25, 0.3) is 0 Å². The number of rotatable bonds is 3. The van der Waals surface area contributed by atoms with Crippen LogP contribution in [0.3, 0.4) is 0 Å². The fraction of sp³-hybridized carbons (Fsp3) is 0.188. The number of benzene rings is 2. The minimum atomic E-state index is 0.0278. The van der Waals surface area contributed by atoms with Crippen LogP contribution in [0, 0.1) is 6.92 Å². The van der Waals surface area contributed by atoms with Gasteiger partial charge >= 0.3 is 0 Å². The number of phenols is 1. The molecule has 19 heavy (non-hydrogen) atoms. The number of aromatic hydroxyl groups is 1. The summed E-state index contributed by atoms with van der Waals surface area (Å²) in [5.74, 6) is 0.225. The molecule has 0 bridgehead atoms. The van der Waals surface area contributed by atoms with Gasteiger partial charge in [-0.3, -0.25) is 4.79 Å². The molecule has 0 heterocycles. The lowest BCUT2D eigenvalue weighted by Crippen LogP contribution is -2.27. The van der Waals surface area contributed by atoms with Gasteiger partial charge in [0.2, 0.25) is 5.91 Å². The number of carbonyl (C=O) groups excluding carboxylic acids is 1. The molecule has 3 nitrogen and oxygen atoms in total. The molecule has 0 aromatic heterocycles. The third kappa shape index (κ3) is 3.13. The average Bonchev–Trinajstić information content (AvgIpc) is 2.41. The van der Waals surface area contributed by atoms with Gasteiger partial charge in [-0.25, -0.2) is 0 Å². The van der Waals surface area contributed by atoms with Crippen molar-refractivity contribution < 1.29 is 9.90 Å². The Balaban J connectivity index is 2.12. The van der Waals surface area contributed by atoms with Crippen molar-refractivity contribution in [2.75, 3.05) is 11.9 Å². The SMILES string of the molecule is Cc1ccccc1CC(=O)N(C)c1ccc(O)cc1. The number of hydrogen-bond donors (Lipinski definition) is 1. The van der Waals surface area contributed by atoms with Crippen molar-refractivity contribution in [1.82, 2.24) is 0 Å². The molecule has 0 aliphatic rings. The van der Waals surface area contributed by atoms with E-state index in [1.54, 1.807) is 36.2 Å². The van der Waals surface area contributed by atoms with Crippen molar-refractivity contribution in [3.05, 3.63) is 59.7 Å². The standard InChI is InChI=1S/C16H17NO2/c1-12-5-3-4-6-13(12)11-16(19)17(2)14-7-9-15(18)10-8-14/h3-10,18H,11H2,1-2H3. The quantitative estimate of drug-likeness (QED) is 0.916. The maximum atomic E-state index is 12.2. The van der Waals surface area contributed by atoms with Gasteiger partial charge in [0.15, 0.2) is 0 Å². The zero-order valence-corrected chi connectivity index (χ0v) is 11.1. The fourth-order valence-electron chi connectivity index (χ4n) is 1.91. The lowest BCUT2D eigenvalue weighted by Gasteiger charge is -2.18. The van der Waals surface area contributed by atoms with Crippen LogP contribution in [0.4, 0.5) is 5.69 Å². The first kappa shape index (κ1) is 13.1. The number of hydrogen-bond acceptors (Lipinski definition) is 2. The Labute approximate surface area is 113 Å². The van der Waals surface area contributed by atoms with E-state index in [9.17, 15) is 9.90 Å². The molecule has 3 heteroatoms. The highest BCUT2D eigenvalue weighted by Crippen LogP contribution is 2.18. The van der Waals surface area contributed by atoms with Crippen molar-refractivity contribution in [2.24, 2.45) is 0 Å². The molecule has 0 fully saturated rings. The number of amides is 1. The Morgan fingerprint density at radius 3 is 2.37 bits per heavy atom. The summed E-state index contributed by atoms with van der Waals surface area (Å²) < 4.78 is 0. The number of likely N-dealkylation sites (N-methyl/N-ethyl adjacent to an activating group) is 1. The second kappa shape index (κ2) is 5.57. The molecule has 2 rings (SSSR count). The Kier molecular flexibility index (Phi) is 3.85. The molecule has 0 saturated heterocycles. The van der Waals surface area contributed by atoms with Crippen LogP contribution >= 0.6 is 0 Å². The summed E-state index contributed by atoms with van der Waals surface area (Å²) in [6.07, 6.45) is 0.379. The Hall–Kier alpha value is -2.29. The molecule has 0 unspecified atom stereocenters. The predicted octanol–water partition coefficient (Wildman–Crippen LogP) is 2.91. The topological polar surface area (TPSA) is 40.5 Å². The van der Waals surface area contributed by atoms with Crippen LogP contribution in [-0.4, -0.2) is 18.1 Å². The van der Waals surface area contributed by atoms with E-state index in [0.29, 0.717) is 6.42 Å². The van der Waals surface area contributed by atoms with Crippen LogP contribution in [0.5, 0.6) is 5.75 Å². The number of nitrogens with zero attached hydrogens (tertiary/aromatic N) is 1. The minimum Gasteiger partial charge on any atom is -0.508 e. The lowest BCUT2D eigenvalue weighted by molar-refractivity contribution is -0.117. The highest BCUT2D eigenvalue weighted by molar-refractivity contribution is 5.94. The second-order valence-corrected chi connectivity index (χ2v) is 4.57. The van der Waals surface area contributed by atoms with Crippen LogP contribution in [0.1, 0.15) is 11.1 Å². The van der Waals surface area contributed by atoms with Crippen molar-refractivity contribution in [2.45, 2.75) is 13.3 Å². The van der Waals surface area contributed by atoms with Crippen molar-refractivity contribution >= 4 is 11.6 Å². The molecular formula is C16H17NO2. The Morgan fingerprint density at radius 2 is 1.74 bits per heavy atom. The highest BCUT2D eigenvalue weighted by atomic mass is 16.3. The van der Waals surface area contributed by atoms with E-state index in [1.165, 1.54) is 0 Å². The second-order valence-electron chi connectivity index (χ2n) is 4.57. The summed E-state index contributed by atoms with van der Waals surface area (Å²) in [6, 6.07) is 14.5. The first-order chi connectivity index (χ1) is 9.08. The van der Waals surface area contributed by atoms with E-state index in [2.05, 4.69) is 0 Å². The normalized spacial score (nSPS) is 10.2. The monoisotopic (exact) mass is 255 g/mol. The molecule has 0 aliphatic carbocycles. The molecule has 0 aliphatic heterocycles. The minimum absolute atomic E-state index is 0.0278. The molecule has 98 valence electrons. The third-order valence-corrected chi connectivity index (χ3v) is 3.21. The van der Waals surface area contributed by atoms with E-state index in [-0.39, 0.29) is 11.7 Å². The number of phenolic OH excluding ortho intramolecular Hbond substituents is 1. The smallest absolute Gasteiger partial charge is 0.231 e. The molecule has 0 saturated carbocycles. The molecule has 0 radical (unpaired) electrons. The van der Waals surface area contributed by atoms with Gasteiger partial charge in [-0.05, 0) is 42.3 Å². The van der Waals surface area contributed by atoms with E-state index < -0.39 is 0 Å².